The maximum Gasteiger partial charge on any atom is 0.243 e. The molecular formula is C14H16F3N3O2. The minimum absolute atomic E-state index is 0.228. The van der Waals surface area contributed by atoms with E-state index in [0.717, 1.165) is 19.2 Å². The van der Waals surface area contributed by atoms with Gasteiger partial charge in [-0.3, -0.25) is 9.59 Å². The van der Waals surface area contributed by atoms with Gasteiger partial charge in [-0.2, -0.15) is 0 Å². The van der Waals surface area contributed by atoms with E-state index < -0.39 is 29.0 Å². The maximum atomic E-state index is 13.4. The predicted molar refractivity (Wildman–Crippen MR) is 73.5 cm³/mol. The van der Waals surface area contributed by atoms with E-state index >= 15 is 0 Å². The van der Waals surface area contributed by atoms with Crippen molar-refractivity contribution in [2.24, 2.45) is 11.8 Å². The summed E-state index contributed by atoms with van der Waals surface area (Å²) < 4.78 is 39.2. The van der Waals surface area contributed by atoms with Crippen molar-refractivity contribution in [1.82, 2.24) is 10.6 Å². The van der Waals surface area contributed by atoms with E-state index in [1.165, 1.54) is 0 Å². The average molecular weight is 315 g/mol. The van der Waals surface area contributed by atoms with Gasteiger partial charge in [0, 0.05) is 5.92 Å². The second-order valence-electron chi connectivity index (χ2n) is 5.20. The molecule has 1 aromatic rings. The van der Waals surface area contributed by atoms with E-state index in [9.17, 15) is 22.8 Å². The van der Waals surface area contributed by atoms with Gasteiger partial charge in [-0.1, -0.05) is 6.92 Å². The normalized spacial score (nSPS) is 15.8. The number of carbonyl (C=O) groups is 2. The van der Waals surface area contributed by atoms with Gasteiger partial charge in [-0.25, -0.2) is 13.2 Å². The Balaban J connectivity index is 1.85. The SMILES string of the molecule is CC(C(=O)NCC(=O)Nc1ccc(F)c(F)c1F)C1CNC1. The molecule has 120 valence electrons. The van der Waals surface area contributed by atoms with Crippen molar-refractivity contribution in [3.8, 4) is 0 Å². The smallest absolute Gasteiger partial charge is 0.243 e. The van der Waals surface area contributed by atoms with Crippen LogP contribution in [-0.2, 0) is 9.59 Å². The third kappa shape index (κ3) is 3.56. The Kier molecular flexibility index (Phi) is 5.02. The number of amides is 2. The predicted octanol–water partition coefficient (Wildman–Crippen LogP) is 1.01. The molecule has 22 heavy (non-hydrogen) atoms. The lowest BCUT2D eigenvalue weighted by atomic mass is 9.88. The van der Waals surface area contributed by atoms with E-state index in [4.69, 9.17) is 0 Å². The van der Waals surface area contributed by atoms with Crippen LogP contribution in [0, 0.1) is 29.3 Å². The molecule has 5 nitrogen and oxygen atoms in total. The summed E-state index contributed by atoms with van der Waals surface area (Å²) in [4.78, 5) is 23.4. The fourth-order valence-electron chi connectivity index (χ4n) is 2.02. The van der Waals surface area contributed by atoms with Crippen molar-refractivity contribution >= 4 is 17.5 Å². The second kappa shape index (κ2) is 6.78. The van der Waals surface area contributed by atoms with Gasteiger partial charge in [0.05, 0.1) is 12.2 Å². The highest BCUT2D eigenvalue weighted by atomic mass is 19.2. The zero-order chi connectivity index (χ0) is 16.3. The van der Waals surface area contributed by atoms with Crippen molar-refractivity contribution in [3.05, 3.63) is 29.6 Å². The Hall–Kier alpha value is -2.09. The number of anilines is 1. The fraction of sp³-hybridized carbons (Fsp3) is 0.429. The van der Waals surface area contributed by atoms with Crippen LogP contribution in [-0.4, -0.2) is 31.4 Å². The van der Waals surface area contributed by atoms with Gasteiger partial charge >= 0.3 is 0 Å². The van der Waals surface area contributed by atoms with Crippen molar-refractivity contribution in [1.29, 1.82) is 0 Å². The largest absolute Gasteiger partial charge is 0.347 e. The number of rotatable bonds is 5. The molecule has 2 rings (SSSR count). The van der Waals surface area contributed by atoms with Crippen molar-refractivity contribution < 1.29 is 22.8 Å². The van der Waals surface area contributed by atoms with Gasteiger partial charge in [-0.15, -0.1) is 0 Å². The van der Waals surface area contributed by atoms with Crippen LogP contribution in [0.4, 0.5) is 18.9 Å². The fourth-order valence-corrected chi connectivity index (χ4v) is 2.02. The first-order valence-electron chi connectivity index (χ1n) is 6.82. The highest BCUT2D eigenvalue weighted by Crippen LogP contribution is 2.19. The number of hydrogen-bond donors (Lipinski definition) is 3. The van der Waals surface area contributed by atoms with E-state index in [1.807, 2.05) is 0 Å². The van der Waals surface area contributed by atoms with Crippen LogP contribution in [0.25, 0.3) is 0 Å². The van der Waals surface area contributed by atoms with Gasteiger partial charge in [0.2, 0.25) is 11.8 Å². The lowest BCUT2D eigenvalue weighted by Crippen LogP contribution is -2.50. The first kappa shape index (κ1) is 16.3. The van der Waals surface area contributed by atoms with Crippen molar-refractivity contribution in [2.75, 3.05) is 25.0 Å². The molecule has 0 aliphatic carbocycles. The lowest BCUT2D eigenvalue weighted by Gasteiger charge is -2.31. The van der Waals surface area contributed by atoms with Crippen LogP contribution in [0.3, 0.4) is 0 Å². The van der Waals surface area contributed by atoms with Gasteiger partial charge in [0.1, 0.15) is 0 Å². The summed E-state index contributed by atoms with van der Waals surface area (Å²) in [5, 5.41) is 7.55. The second-order valence-corrected chi connectivity index (χ2v) is 5.20. The number of hydrogen-bond acceptors (Lipinski definition) is 3. The van der Waals surface area contributed by atoms with Gasteiger partial charge < -0.3 is 16.0 Å². The van der Waals surface area contributed by atoms with Gasteiger partial charge in [0.15, 0.2) is 17.5 Å². The molecule has 0 radical (unpaired) electrons. The quantitative estimate of drug-likeness (QED) is 0.711. The molecule has 1 saturated heterocycles. The van der Waals surface area contributed by atoms with E-state index in [2.05, 4.69) is 16.0 Å². The van der Waals surface area contributed by atoms with Gasteiger partial charge in [0.25, 0.3) is 0 Å². The first-order chi connectivity index (χ1) is 10.4. The van der Waals surface area contributed by atoms with E-state index in [0.29, 0.717) is 6.07 Å². The third-order valence-corrected chi connectivity index (χ3v) is 3.67. The van der Waals surface area contributed by atoms with Crippen molar-refractivity contribution in [3.63, 3.8) is 0 Å². The molecule has 3 N–H and O–H groups in total. The molecule has 8 heteroatoms. The van der Waals surface area contributed by atoms with Crippen LogP contribution in [0.15, 0.2) is 12.1 Å². The maximum absolute atomic E-state index is 13.4. The van der Waals surface area contributed by atoms with Crippen LogP contribution in [0.2, 0.25) is 0 Å². The summed E-state index contributed by atoms with van der Waals surface area (Å²) >= 11 is 0. The Bertz CT molecular complexity index is 591. The summed E-state index contributed by atoms with van der Waals surface area (Å²) in [6.45, 7) is 2.89. The summed E-state index contributed by atoms with van der Waals surface area (Å²) in [6, 6.07) is 1.62. The number of carbonyl (C=O) groups excluding carboxylic acids is 2. The topological polar surface area (TPSA) is 70.2 Å². The number of benzene rings is 1. The molecule has 0 saturated carbocycles. The molecule has 1 heterocycles. The summed E-state index contributed by atoms with van der Waals surface area (Å²) in [6.07, 6.45) is 0. The Morgan fingerprint density at radius 3 is 2.55 bits per heavy atom. The zero-order valence-electron chi connectivity index (χ0n) is 11.9. The van der Waals surface area contributed by atoms with E-state index in [1.54, 1.807) is 6.92 Å². The van der Waals surface area contributed by atoms with E-state index in [-0.39, 0.29) is 24.3 Å². The van der Waals surface area contributed by atoms with Crippen LogP contribution < -0.4 is 16.0 Å². The van der Waals surface area contributed by atoms with Crippen molar-refractivity contribution in [2.45, 2.75) is 6.92 Å². The number of halogens is 3. The monoisotopic (exact) mass is 315 g/mol. The minimum atomic E-state index is -1.66. The molecule has 1 unspecified atom stereocenters. The molecule has 0 bridgehead atoms. The average Bonchev–Trinajstić information content (AvgIpc) is 2.43. The molecule has 0 aromatic heterocycles. The molecular weight excluding hydrogens is 299 g/mol. The molecule has 1 fully saturated rings. The van der Waals surface area contributed by atoms with Crippen LogP contribution in [0.5, 0.6) is 0 Å². The molecule has 1 aliphatic rings. The standard InChI is InChI=1S/C14H16F3N3O2/c1-7(8-4-18-5-8)14(22)19-6-11(21)20-10-3-2-9(15)12(16)13(10)17/h2-3,7-8,18H,4-6H2,1H3,(H,19,22)(H,20,21). The molecule has 0 spiro atoms. The third-order valence-electron chi connectivity index (χ3n) is 3.67. The van der Waals surface area contributed by atoms with Crippen LogP contribution in [0.1, 0.15) is 6.92 Å². The summed E-state index contributed by atoms with van der Waals surface area (Å²) in [5.74, 6) is -5.50. The Morgan fingerprint density at radius 1 is 1.27 bits per heavy atom. The number of nitrogens with one attached hydrogen (secondary N) is 3. The summed E-state index contributed by atoms with van der Waals surface area (Å²) in [5.41, 5.74) is -0.477. The minimum Gasteiger partial charge on any atom is -0.347 e. The Morgan fingerprint density at radius 2 is 1.95 bits per heavy atom. The Labute approximate surface area is 125 Å². The highest BCUT2D eigenvalue weighted by molar-refractivity contribution is 5.94. The highest BCUT2D eigenvalue weighted by Gasteiger charge is 2.28. The molecule has 1 aromatic carbocycles. The summed E-state index contributed by atoms with van der Waals surface area (Å²) in [7, 11) is 0. The molecule has 1 atom stereocenters. The molecule has 1 aliphatic heterocycles. The molecule has 2 amide bonds. The zero-order valence-corrected chi connectivity index (χ0v) is 11.9. The first-order valence-corrected chi connectivity index (χ1v) is 6.82. The van der Waals surface area contributed by atoms with Crippen LogP contribution >= 0.6 is 0 Å². The van der Waals surface area contributed by atoms with Gasteiger partial charge in [-0.05, 0) is 31.1 Å². The lowest BCUT2D eigenvalue weighted by molar-refractivity contribution is -0.128.